The third-order valence-electron chi connectivity index (χ3n) is 5.52. The van der Waals surface area contributed by atoms with E-state index < -0.39 is 23.4 Å². The number of nitrogens with zero attached hydrogens (tertiary/aromatic N) is 3. The summed E-state index contributed by atoms with van der Waals surface area (Å²) in [6.07, 6.45) is 5.13. The number of carbonyl (C=O) groups is 4. The average molecular weight is 369 g/mol. The van der Waals surface area contributed by atoms with E-state index in [0.717, 1.165) is 23.4 Å². The Bertz CT molecular complexity index is 822. The minimum absolute atomic E-state index is 0.0711. The number of primary amides is 1. The Morgan fingerprint density at radius 1 is 0.963 bits per heavy atom. The van der Waals surface area contributed by atoms with Crippen molar-refractivity contribution in [3.63, 3.8) is 0 Å². The SMILES string of the molecule is NC(=O)[C@]12[CH]CCCN1C(=O)N(c1ccc(N3CCCCC3=O)cc1)C2=O. The van der Waals surface area contributed by atoms with Crippen LogP contribution in [0.25, 0.3) is 0 Å². The standard InChI is InChI=1S/C19H21N4O4/c20-16(25)19-10-2-4-12-22(19)18(27)23(17(19)26)14-8-6-13(7-9-14)21-11-3-1-5-15(21)24/h6-10H,1-5,11-12H2,(H2,20,25)/t19-/m0/s1. The Morgan fingerprint density at radius 3 is 2.30 bits per heavy atom. The third-order valence-corrected chi connectivity index (χ3v) is 5.52. The zero-order chi connectivity index (χ0) is 19.2. The molecule has 0 aliphatic carbocycles. The van der Waals surface area contributed by atoms with E-state index in [2.05, 4.69) is 0 Å². The minimum Gasteiger partial charge on any atom is -0.367 e. The lowest BCUT2D eigenvalue weighted by Crippen LogP contribution is -2.61. The van der Waals surface area contributed by atoms with Crippen molar-refractivity contribution in [1.29, 1.82) is 0 Å². The number of rotatable bonds is 3. The molecule has 141 valence electrons. The molecule has 3 aliphatic rings. The van der Waals surface area contributed by atoms with Gasteiger partial charge in [0, 0.05) is 31.6 Å². The maximum absolute atomic E-state index is 13.0. The van der Waals surface area contributed by atoms with Crippen molar-refractivity contribution in [2.75, 3.05) is 22.9 Å². The van der Waals surface area contributed by atoms with E-state index >= 15 is 0 Å². The summed E-state index contributed by atoms with van der Waals surface area (Å²) in [6.45, 7) is 0.966. The fourth-order valence-corrected chi connectivity index (χ4v) is 4.10. The minimum atomic E-state index is -1.70. The highest BCUT2D eigenvalue weighted by atomic mass is 16.2. The second-order valence-electron chi connectivity index (χ2n) is 7.07. The van der Waals surface area contributed by atoms with Crippen LogP contribution in [-0.2, 0) is 14.4 Å². The van der Waals surface area contributed by atoms with Crippen molar-refractivity contribution >= 4 is 35.1 Å². The highest BCUT2D eigenvalue weighted by Crippen LogP contribution is 2.38. The number of piperidine rings is 2. The van der Waals surface area contributed by atoms with E-state index in [9.17, 15) is 19.2 Å². The summed E-state index contributed by atoms with van der Waals surface area (Å²) in [5.41, 5.74) is 4.92. The predicted molar refractivity (Wildman–Crippen MR) is 97.7 cm³/mol. The van der Waals surface area contributed by atoms with Crippen LogP contribution in [0.4, 0.5) is 16.2 Å². The van der Waals surface area contributed by atoms with Crippen LogP contribution in [0.2, 0.25) is 0 Å². The third kappa shape index (κ3) is 2.50. The van der Waals surface area contributed by atoms with Gasteiger partial charge in [-0.25, -0.2) is 9.69 Å². The molecule has 1 radical (unpaired) electrons. The zero-order valence-electron chi connectivity index (χ0n) is 14.9. The van der Waals surface area contributed by atoms with Crippen molar-refractivity contribution in [2.45, 2.75) is 37.6 Å². The number of carbonyl (C=O) groups excluding carboxylic acids is 4. The molecule has 3 aliphatic heterocycles. The van der Waals surface area contributed by atoms with Crippen molar-refractivity contribution in [3.8, 4) is 0 Å². The Kier molecular flexibility index (Phi) is 4.13. The maximum Gasteiger partial charge on any atom is 0.332 e. The molecule has 4 rings (SSSR count). The molecule has 1 aromatic rings. The Labute approximate surface area is 156 Å². The van der Waals surface area contributed by atoms with Crippen LogP contribution in [0.1, 0.15) is 32.1 Å². The summed E-state index contributed by atoms with van der Waals surface area (Å²) in [4.78, 5) is 54.0. The largest absolute Gasteiger partial charge is 0.367 e. The number of hydrogen-bond donors (Lipinski definition) is 1. The lowest BCUT2D eigenvalue weighted by molar-refractivity contribution is -0.136. The number of benzene rings is 1. The van der Waals surface area contributed by atoms with Gasteiger partial charge in [-0.05, 0) is 49.9 Å². The first kappa shape index (κ1) is 17.5. The Morgan fingerprint density at radius 2 is 1.67 bits per heavy atom. The van der Waals surface area contributed by atoms with Gasteiger partial charge in [0.2, 0.25) is 11.4 Å². The van der Waals surface area contributed by atoms with Crippen LogP contribution in [0.5, 0.6) is 0 Å². The van der Waals surface area contributed by atoms with Crippen molar-refractivity contribution in [2.24, 2.45) is 5.73 Å². The van der Waals surface area contributed by atoms with Crippen LogP contribution >= 0.6 is 0 Å². The monoisotopic (exact) mass is 369 g/mol. The first-order chi connectivity index (χ1) is 13.0. The highest BCUT2D eigenvalue weighted by Gasteiger charge is 2.62. The number of imide groups is 1. The zero-order valence-corrected chi connectivity index (χ0v) is 14.9. The molecule has 3 saturated heterocycles. The molecule has 3 heterocycles. The Hall–Kier alpha value is -2.90. The van der Waals surface area contributed by atoms with Crippen LogP contribution in [-0.4, -0.2) is 47.3 Å². The van der Waals surface area contributed by atoms with Gasteiger partial charge in [0.25, 0.3) is 11.8 Å². The molecule has 1 aromatic carbocycles. The van der Waals surface area contributed by atoms with Crippen LogP contribution in [0.15, 0.2) is 24.3 Å². The van der Waals surface area contributed by atoms with Crippen LogP contribution < -0.4 is 15.5 Å². The normalized spacial score (nSPS) is 25.8. The fraction of sp³-hybridized carbons (Fsp3) is 0.421. The van der Waals surface area contributed by atoms with E-state index in [1.807, 2.05) is 0 Å². The molecular formula is C19H21N4O4. The molecule has 1 atom stereocenters. The lowest BCUT2D eigenvalue weighted by Gasteiger charge is -2.35. The highest BCUT2D eigenvalue weighted by molar-refractivity contribution is 6.31. The Balaban J connectivity index is 1.65. The maximum atomic E-state index is 13.0. The van der Waals surface area contributed by atoms with Gasteiger partial charge in [-0.15, -0.1) is 0 Å². The molecular weight excluding hydrogens is 348 g/mol. The van der Waals surface area contributed by atoms with Crippen LogP contribution in [0, 0.1) is 6.42 Å². The number of amides is 5. The smallest absolute Gasteiger partial charge is 0.332 e. The van der Waals surface area contributed by atoms with Crippen LogP contribution in [0.3, 0.4) is 0 Å². The summed E-state index contributed by atoms with van der Waals surface area (Å²) in [7, 11) is 0. The molecule has 0 saturated carbocycles. The van der Waals surface area contributed by atoms with Gasteiger partial charge in [0.15, 0.2) is 0 Å². The van der Waals surface area contributed by atoms with Gasteiger partial charge in [-0.2, -0.15) is 0 Å². The first-order valence-electron chi connectivity index (χ1n) is 9.17. The topological polar surface area (TPSA) is 104 Å². The summed E-state index contributed by atoms with van der Waals surface area (Å²) < 4.78 is 0. The van der Waals surface area contributed by atoms with E-state index in [0.29, 0.717) is 38.0 Å². The summed E-state index contributed by atoms with van der Waals surface area (Å²) in [6, 6.07) is 6.14. The fourth-order valence-electron chi connectivity index (χ4n) is 4.10. The number of urea groups is 1. The van der Waals surface area contributed by atoms with Gasteiger partial charge >= 0.3 is 6.03 Å². The number of anilines is 2. The van der Waals surface area contributed by atoms with Gasteiger partial charge < -0.3 is 15.5 Å². The van der Waals surface area contributed by atoms with Gasteiger partial charge in [0.05, 0.1) is 5.69 Å². The number of hydrogen-bond acceptors (Lipinski definition) is 4. The average Bonchev–Trinajstić information content (AvgIpc) is 2.91. The van der Waals surface area contributed by atoms with E-state index in [1.165, 1.54) is 4.90 Å². The molecule has 0 spiro atoms. The van der Waals surface area contributed by atoms with Crippen molar-refractivity contribution < 1.29 is 19.2 Å². The quantitative estimate of drug-likeness (QED) is 0.638. The summed E-state index contributed by atoms with van der Waals surface area (Å²) >= 11 is 0. The van der Waals surface area contributed by atoms with Gasteiger partial charge in [-0.1, -0.05) is 0 Å². The molecule has 27 heavy (non-hydrogen) atoms. The molecule has 8 nitrogen and oxygen atoms in total. The molecule has 8 heteroatoms. The molecule has 3 fully saturated rings. The molecule has 0 aromatic heterocycles. The summed E-state index contributed by atoms with van der Waals surface area (Å²) in [5.74, 6) is -1.40. The second-order valence-corrected chi connectivity index (χ2v) is 7.07. The van der Waals surface area contributed by atoms with Gasteiger partial charge in [-0.3, -0.25) is 14.4 Å². The van der Waals surface area contributed by atoms with E-state index in [1.54, 1.807) is 35.6 Å². The number of fused-ring (bicyclic) bond motifs is 1. The molecule has 0 unspecified atom stereocenters. The summed E-state index contributed by atoms with van der Waals surface area (Å²) in [5, 5.41) is 0. The van der Waals surface area contributed by atoms with Crippen molar-refractivity contribution in [1.82, 2.24) is 4.90 Å². The van der Waals surface area contributed by atoms with E-state index in [4.69, 9.17) is 5.73 Å². The van der Waals surface area contributed by atoms with Crippen molar-refractivity contribution in [3.05, 3.63) is 30.7 Å². The van der Waals surface area contributed by atoms with E-state index in [-0.39, 0.29) is 5.91 Å². The van der Waals surface area contributed by atoms with Gasteiger partial charge in [0.1, 0.15) is 0 Å². The predicted octanol–water partition coefficient (Wildman–Crippen LogP) is 1.19. The second kappa shape index (κ2) is 6.37. The molecule has 5 amide bonds. The lowest BCUT2D eigenvalue weighted by atomic mass is 9.86. The first-order valence-corrected chi connectivity index (χ1v) is 9.17. The molecule has 2 N–H and O–H groups in total. The number of nitrogens with two attached hydrogens (primary N) is 1. The molecule has 0 bridgehead atoms.